The minimum atomic E-state index is -0.321. The molecule has 7 heteroatoms. The second-order valence-corrected chi connectivity index (χ2v) is 4.13. The molecule has 7 nitrogen and oxygen atoms in total. The van der Waals surface area contributed by atoms with Crippen molar-refractivity contribution in [1.29, 1.82) is 0 Å². The normalized spacial score (nSPS) is 13.1. The van der Waals surface area contributed by atoms with Gasteiger partial charge in [-0.05, 0) is 25.1 Å². The molecule has 0 aromatic heterocycles. The third-order valence-electron chi connectivity index (χ3n) is 2.69. The van der Waals surface area contributed by atoms with Crippen molar-refractivity contribution >= 4 is 11.9 Å². The van der Waals surface area contributed by atoms with Crippen molar-refractivity contribution in [2.24, 2.45) is 4.99 Å². The molecule has 0 saturated heterocycles. The molecule has 0 aliphatic carbocycles. The third-order valence-corrected chi connectivity index (χ3v) is 2.69. The van der Waals surface area contributed by atoms with Gasteiger partial charge in [0.15, 0.2) is 11.5 Å². The fraction of sp³-hybridized carbons (Fsp3) is 0.429. The highest BCUT2D eigenvalue weighted by Gasteiger charge is 2.17. The Morgan fingerprint density at radius 2 is 2.19 bits per heavy atom. The van der Waals surface area contributed by atoms with E-state index in [1.165, 1.54) is 0 Å². The van der Waals surface area contributed by atoms with Crippen LogP contribution in [0.3, 0.4) is 0 Å². The van der Waals surface area contributed by atoms with Gasteiger partial charge in [0.05, 0.1) is 19.8 Å². The smallest absolute Gasteiger partial charge is 0.291 e. The SMILES string of the molecule is CCOC(=NCCOC)NC(=O)c1ccc2c(c1)OCO2. The zero-order valence-electron chi connectivity index (χ0n) is 12.0. The molecule has 1 aromatic rings. The van der Waals surface area contributed by atoms with E-state index in [0.29, 0.717) is 36.8 Å². The van der Waals surface area contributed by atoms with Crippen LogP contribution in [0.25, 0.3) is 0 Å². The van der Waals surface area contributed by atoms with Crippen molar-refractivity contribution in [2.75, 3.05) is 33.7 Å². The molecule has 114 valence electrons. The molecule has 0 bridgehead atoms. The van der Waals surface area contributed by atoms with Gasteiger partial charge in [-0.15, -0.1) is 0 Å². The van der Waals surface area contributed by atoms with E-state index in [-0.39, 0.29) is 18.7 Å². The summed E-state index contributed by atoms with van der Waals surface area (Å²) in [6, 6.07) is 5.15. The number of amides is 1. The molecule has 21 heavy (non-hydrogen) atoms. The summed E-state index contributed by atoms with van der Waals surface area (Å²) in [6.07, 6.45) is 0. The van der Waals surface area contributed by atoms with Crippen LogP contribution in [-0.4, -0.2) is 45.6 Å². The zero-order valence-corrected chi connectivity index (χ0v) is 12.0. The summed E-state index contributed by atoms with van der Waals surface area (Å²) in [5, 5.41) is 2.62. The molecule has 0 unspecified atom stereocenters. The third kappa shape index (κ3) is 4.09. The first-order valence-electron chi connectivity index (χ1n) is 6.61. The number of amidine groups is 1. The predicted octanol–water partition coefficient (Wildman–Crippen LogP) is 1.18. The molecule has 0 atom stereocenters. The number of nitrogens with one attached hydrogen (secondary N) is 1. The highest BCUT2D eigenvalue weighted by molar-refractivity contribution is 6.04. The van der Waals surface area contributed by atoms with Gasteiger partial charge in [-0.1, -0.05) is 0 Å². The average molecular weight is 294 g/mol. The first-order chi connectivity index (χ1) is 10.2. The quantitative estimate of drug-likeness (QED) is 0.501. The van der Waals surface area contributed by atoms with Crippen LogP contribution in [0.4, 0.5) is 0 Å². The standard InChI is InChI=1S/C14H18N2O5/c1-3-19-14(15-6-7-18-2)16-13(17)10-4-5-11-12(8-10)21-9-20-11/h4-5,8H,3,6-7,9H2,1-2H3,(H,15,16,17). The van der Waals surface area contributed by atoms with Gasteiger partial charge >= 0.3 is 0 Å². The van der Waals surface area contributed by atoms with Crippen molar-refractivity contribution in [2.45, 2.75) is 6.92 Å². The fourth-order valence-electron chi connectivity index (χ4n) is 1.70. The Hall–Kier alpha value is -2.28. The van der Waals surface area contributed by atoms with Crippen molar-refractivity contribution in [3.8, 4) is 11.5 Å². The Morgan fingerprint density at radius 1 is 1.38 bits per heavy atom. The Kier molecular flexibility index (Phi) is 5.39. The fourth-order valence-corrected chi connectivity index (χ4v) is 1.70. The lowest BCUT2D eigenvalue weighted by Crippen LogP contribution is -2.33. The molecule has 2 rings (SSSR count). The first kappa shape index (κ1) is 15.1. The molecule has 1 aliphatic rings. The van der Waals surface area contributed by atoms with E-state index >= 15 is 0 Å². The molecule has 0 radical (unpaired) electrons. The van der Waals surface area contributed by atoms with Crippen LogP contribution in [0.1, 0.15) is 17.3 Å². The molecule has 1 aliphatic heterocycles. The lowest BCUT2D eigenvalue weighted by Gasteiger charge is -2.09. The summed E-state index contributed by atoms with van der Waals surface area (Å²) in [6.45, 7) is 3.26. The summed E-state index contributed by atoms with van der Waals surface area (Å²) < 4.78 is 20.6. The molecular weight excluding hydrogens is 276 g/mol. The number of benzene rings is 1. The Labute approximate surface area is 122 Å². The summed E-state index contributed by atoms with van der Waals surface area (Å²) >= 11 is 0. The molecule has 1 aromatic carbocycles. The molecule has 0 saturated carbocycles. The highest BCUT2D eigenvalue weighted by atomic mass is 16.7. The van der Waals surface area contributed by atoms with Gasteiger partial charge < -0.3 is 18.9 Å². The van der Waals surface area contributed by atoms with Crippen LogP contribution in [-0.2, 0) is 9.47 Å². The van der Waals surface area contributed by atoms with Gasteiger partial charge in [0, 0.05) is 12.7 Å². The summed E-state index contributed by atoms with van der Waals surface area (Å²) in [4.78, 5) is 16.3. The van der Waals surface area contributed by atoms with Gasteiger partial charge in [-0.3, -0.25) is 10.1 Å². The summed E-state index contributed by atoms with van der Waals surface area (Å²) in [5.74, 6) is 0.861. The van der Waals surface area contributed by atoms with E-state index in [1.54, 1.807) is 25.3 Å². The van der Waals surface area contributed by atoms with Gasteiger partial charge in [0.1, 0.15) is 0 Å². The minimum absolute atomic E-state index is 0.170. The number of nitrogens with zero attached hydrogens (tertiary/aromatic N) is 1. The molecule has 1 amide bonds. The lowest BCUT2D eigenvalue weighted by molar-refractivity contribution is 0.0965. The maximum Gasteiger partial charge on any atom is 0.291 e. The predicted molar refractivity (Wildman–Crippen MR) is 75.8 cm³/mol. The van der Waals surface area contributed by atoms with E-state index < -0.39 is 0 Å². The lowest BCUT2D eigenvalue weighted by atomic mass is 10.2. The summed E-state index contributed by atoms with van der Waals surface area (Å²) in [5.41, 5.74) is 0.443. The number of hydrogen-bond donors (Lipinski definition) is 1. The van der Waals surface area contributed by atoms with Crippen molar-refractivity contribution in [1.82, 2.24) is 5.32 Å². The molecule has 0 fully saturated rings. The summed E-state index contributed by atoms with van der Waals surface area (Å²) in [7, 11) is 1.58. The number of aliphatic imine (C=N–C) groups is 1. The van der Waals surface area contributed by atoms with Gasteiger partial charge in [-0.2, -0.15) is 0 Å². The van der Waals surface area contributed by atoms with E-state index in [1.807, 2.05) is 6.92 Å². The number of methoxy groups -OCH3 is 1. The Balaban J connectivity index is 2.02. The monoisotopic (exact) mass is 294 g/mol. The highest BCUT2D eigenvalue weighted by Crippen LogP contribution is 2.32. The van der Waals surface area contributed by atoms with Crippen molar-refractivity contribution < 1.29 is 23.7 Å². The maximum atomic E-state index is 12.2. The number of rotatable bonds is 5. The number of carbonyl (C=O) groups excluding carboxylic acids is 1. The van der Waals surface area contributed by atoms with Crippen LogP contribution < -0.4 is 14.8 Å². The topological polar surface area (TPSA) is 78.4 Å². The number of ether oxygens (including phenoxy) is 4. The van der Waals surface area contributed by atoms with E-state index in [2.05, 4.69) is 10.3 Å². The van der Waals surface area contributed by atoms with E-state index in [0.717, 1.165) is 0 Å². The van der Waals surface area contributed by atoms with Crippen molar-refractivity contribution in [3.05, 3.63) is 23.8 Å². The Bertz CT molecular complexity index is 530. The van der Waals surface area contributed by atoms with Crippen LogP contribution in [0.5, 0.6) is 11.5 Å². The maximum absolute atomic E-state index is 12.2. The van der Waals surface area contributed by atoms with Crippen LogP contribution in [0, 0.1) is 0 Å². The Morgan fingerprint density at radius 3 is 2.95 bits per heavy atom. The number of carbonyl (C=O) groups is 1. The zero-order chi connectivity index (χ0) is 15.1. The van der Waals surface area contributed by atoms with Gasteiger partial charge in [0.2, 0.25) is 6.79 Å². The second-order valence-electron chi connectivity index (χ2n) is 4.13. The van der Waals surface area contributed by atoms with Crippen LogP contribution >= 0.6 is 0 Å². The first-order valence-corrected chi connectivity index (χ1v) is 6.61. The minimum Gasteiger partial charge on any atom is -0.465 e. The molecule has 1 heterocycles. The largest absolute Gasteiger partial charge is 0.465 e. The second kappa shape index (κ2) is 7.49. The molecule has 1 N–H and O–H groups in total. The molecular formula is C14H18N2O5. The van der Waals surface area contributed by atoms with E-state index in [4.69, 9.17) is 18.9 Å². The van der Waals surface area contributed by atoms with Gasteiger partial charge in [0.25, 0.3) is 11.9 Å². The van der Waals surface area contributed by atoms with Crippen LogP contribution in [0.2, 0.25) is 0 Å². The van der Waals surface area contributed by atoms with Gasteiger partial charge in [-0.25, -0.2) is 4.99 Å². The van der Waals surface area contributed by atoms with Crippen LogP contribution in [0.15, 0.2) is 23.2 Å². The number of fused-ring (bicyclic) bond motifs is 1. The average Bonchev–Trinajstić information content (AvgIpc) is 2.95. The number of hydrogen-bond acceptors (Lipinski definition) is 6. The van der Waals surface area contributed by atoms with E-state index in [9.17, 15) is 4.79 Å². The van der Waals surface area contributed by atoms with Crippen molar-refractivity contribution in [3.63, 3.8) is 0 Å². The molecule has 0 spiro atoms.